The summed E-state index contributed by atoms with van der Waals surface area (Å²) in [6.07, 6.45) is 0.859. The molecule has 2 heterocycles. The number of anilines is 1. The molecule has 8 heteroatoms. The van der Waals surface area contributed by atoms with Gasteiger partial charge in [0.25, 0.3) is 0 Å². The third-order valence-electron chi connectivity index (χ3n) is 7.14. The van der Waals surface area contributed by atoms with E-state index in [1.54, 1.807) is 24.1 Å². The lowest BCUT2D eigenvalue weighted by atomic mass is 9.95. The maximum absolute atomic E-state index is 14.2. The summed E-state index contributed by atoms with van der Waals surface area (Å²) in [5.41, 5.74) is 3.74. The first-order chi connectivity index (χ1) is 19.4. The molecule has 40 heavy (non-hydrogen) atoms. The van der Waals surface area contributed by atoms with Gasteiger partial charge in [-0.05, 0) is 67.4 Å². The van der Waals surface area contributed by atoms with Gasteiger partial charge in [0.2, 0.25) is 11.8 Å². The Labute approximate surface area is 242 Å². The number of methoxy groups -OCH3 is 1. The third kappa shape index (κ3) is 6.25. The number of benzene rings is 3. The molecule has 0 spiro atoms. The highest BCUT2D eigenvalue weighted by atomic mass is 79.9. The van der Waals surface area contributed by atoms with Crippen LogP contribution in [0.15, 0.2) is 83.3 Å². The molecule has 1 aliphatic heterocycles. The van der Waals surface area contributed by atoms with E-state index in [0.29, 0.717) is 36.6 Å². The molecule has 0 aliphatic carbocycles. The molecular formula is C32H32BrN3O4. The average molecular weight is 603 g/mol. The van der Waals surface area contributed by atoms with Crippen LogP contribution in [-0.2, 0) is 9.53 Å². The Balaban J connectivity index is 1.65. The van der Waals surface area contributed by atoms with Crippen LogP contribution in [0.25, 0.3) is 10.9 Å². The fourth-order valence-electron chi connectivity index (χ4n) is 5.11. The number of nitrogens with one attached hydrogen (secondary N) is 1. The highest BCUT2D eigenvalue weighted by Crippen LogP contribution is 2.39. The highest BCUT2D eigenvalue weighted by molar-refractivity contribution is 9.10. The first-order valence-corrected chi connectivity index (χ1v) is 14.2. The Morgan fingerprint density at radius 3 is 2.55 bits per heavy atom. The summed E-state index contributed by atoms with van der Waals surface area (Å²) in [4.78, 5) is 32.9. The summed E-state index contributed by atoms with van der Waals surface area (Å²) < 4.78 is 12.6. The quantitative estimate of drug-likeness (QED) is 0.233. The van der Waals surface area contributed by atoms with Crippen molar-refractivity contribution in [2.24, 2.45) is 0 Å². The van der Waals surface area contributed by atoms with E-state index >= 15 is 0 Å². The van der Waals surface area contributed by atoms with E-state index in [2.05, 4.69) is 21.2 Å². The van der Waals surface area contributed by atoms with Crippen molar-refractivity contribution in [3.63, 3.8) is 0 Å². The standard InChI is InChI=1S/C32H32BrN3O4/c1-21(37)22-8-11-26(12-9-22)36(30(38)15-13-27-20-34-16-17-40-27)31(23-6-4-3-5-7-23)28-19-24-18-25(33)10-14-29(24)35-32(28)39-2/h3-12,14,18-19,27,31,34H,13,15-17,20H2,1-2H3. The van der Waals surface area contributed by atoms with Crippen LogP contribution in [0.3, 0.4) is 0 Å². The number of Topliss-reactive ketones (excluding diaryl/α,β-unsaturated/α-hetero) is 1. The number of carbonyl (C=O) groups is 2. The van der Waals surface area contributed by atoms with Gasteiger partial charge >= 0.3 is 0 Å². The van der Waals surface area contributed by atoms with Crippen molar-refractivity contribution >= 4 is 44.2 Å². The SMILES string of the molecule is COc1nc2ccc(Br)cc2cc1C(c1ccccc1)N(C(=O)CCC1CNCCO1)c1ccc(C(C)=O)cc1. The number of pyridine rings is 1. The molecule has 5 rings (SSSR count). The lowest BCUT2D eigenvalue weighted by Crippen LogP contribution is -2.40. The molecule has 0 bridgehead atoms. The average Bonchev–Trinajstić information content (AvgIpc) is 2.99. The lowest BCUT2D eigenvalue weighted by Gasteiger charge is -2.34. The molecule has 1 fully saturated rings. The van der Waals surface area contributed by atoms with Crippen molar-refractivity contribution in [2.45, 2.75) is 31.9 Å². The van der Waals surface area contributed by atoms with Crippen molar-refractivity contribution in [3.8, 4) is 5.88 Å². The van der Waals surface area contributed by atoms with E-state index in [0.717, 1.165) is 39.6 Å². The number of fused-ring (bicyclic) bond motifs is 1. The van der Waals surface area contributed by atoms with Gasteiger partial charge < -0.3 is 19.7 Å². The first-order valence-electron chi connectivity index (χ1n) is 13.4. The summed E-state index contributed by atoms with van der Waals surface area (Å²) in [6, 6.07) is 24.5. The molecular weight excluding hydrogens is 570 g/mol. The van der Waals surface area contributed by atoms with Gasteiger partial charge in [-0.3, -0.25) is 9.59 Å². The Kier molecular flexibility index (Phi) is 8.89. The van der Waals surface area contributed by atoms with Crippen LogP contribution in [0.2, 0.25) is 0 Å². The van der Waals surface area contributed by atoms with Gasteiger partial charge in [0.05, 0.1) is 31.4 Å². The minimum Gasteiger partial charge on any atom is -0.481 e. The zero-order valence-electron chi connectivity index (χ0n) is 22.6. The second-order valence-electron chi connectivity index (χ2n) is 9.84. The largest absolute Gasteiger partial charge is 0.481 e. The molecule has 206 valence electrons. The van der Waals surface area contributed by atoms with E-state index in [-0.39, 0.29) is 17.8 Å². The number of halogens is 1. The second kappa shape index (κ2) is 12.7. The predicted octanol–water partition coefficient (Wildman–Crippen LogP) is 6.10. The van der Waals surface area contributed by atoms with Crippen molar-refractivity contribution < 1.29 is 19.1 Å². The molecule has 0 saturated carbocycles. The Morgan fingerprint density at radius 1 is 1.10 bits per heavy atom. The number of amides is 1. The van der Waals surface area contributed by atoms with Gasteiger partial charge in [0.15, 0.2) is 5.78 Å². The Bertz CT molecular complexity index is 1490. The van der Waals surface area contributed by atoms with Crippen LogP contribution in [0, 0.1) is 0 Å². The van der Waals surface area contributed by atoms with Crippen molar-refractivity contribution in [1.82, 2.24) is 10.3 Å². The van der Waals surface area contributed by atoms with E-state index in [1.807, 2.05) is 66.7 Å². The van der Waals surface area contributed by atoms with Gasteiger partial charge in [-0.25, -0.2) is 4.98 Å². The van der Waals surface area contributed by atoms with Gasteiger partial charge in [-0.15, -0.1) is 0 Å². The molecule has 1 amide bonds. The van der Waals surface area contributed by atoms with Crippen LogP contribution < -0.4 is 15.0 Å². The summed E-state index contributed by atoms with van der Waals surface area (Å²) in [5.74, 6) is 0.355. The molecule has 0 radical (unpaired) electrons. The van der Waals surface area contributed by atoms with E-state index in [9.17, 15) is 9.59 Å². The summed E-state index contributed by atoms with van der Waals surface area (Å²) in [6.45, 7) is 3.71. The maximum atomic E-state index is 14.2. The Hall–Kier alpha value is -3.59. The fourth-order valence-corrected chi connectivity index (χ4v) is 5.49. The minimum atomic E-state index is -0.534. The molecule has 4 aromatic rings. The number of nitrogens with zero attached hydrogens (tertiary/aromatic N) is 2. The van der Waals surface area contributed by atoms with Gasteiger partial charge in [-0.1, -0.05) is 46.3 Å². The number of ether oxygens (including phenoxy) is 2. The summed E-state index contributed by atoms with van der Waals surface area (Å²) in [5, 5.41) is 4.26. The van der Waals surface area contributed by atoms with Crippen LogP contribution in [0.4, 0.5) is 5.69 Å². The lowest BCUT2D eigenvalue weighted by molar-refractivity contribution is -0.119. The third-order valence-corrected chi connectivity index (χ3v) is 7.63. The van der Waals surface area contributed by atoms with Crippen LogP contribution >= 0.6 is 15.9 Å². The number of aromatic nitrogens is 1. The molecule has 3 aromatic carbocycles. The molecule has 7 nitrogen and oxygen atoms in total. The van der Waals surface area contributed by atoms with Crippen LogP contribution in [-0.4, -0.2) is 49.6 Å². The maximum Gasteiger partial charge on any atom is 0.227 e. The second-order valence-corrected chi connectivity index (χ2v) is 10.8. The zero-order valence-corrected chi connectivity index (χ0v) is 24.2. The van der Waals surface area contributed by atoms with Crippen molar-refractivity contribution in [2.75, 3.05) is 31.7 Å². The molecule has 2 unspecified atom stereocenters. The monoisotopic (exact) mass is 601 g/mol. The number of ketones is 1. The topological polar surface area (TPSA) is 80.8 Å². The molecule has 1 saturated heterocycles. The minimum absolute atomic E-state index is 0.0240. The zero-order chi connectivity index (χ0) is 28.1. The van der Waals surface area contributed by atoms with Gasteiger partial charge in [-0.2, -0.15) is 0 Å². The summed E-state index contributed by atoms with van der Waals surface area (Å²) in [7, 11) is 1.60. The van der Waals surface area contributed by atoms with Crippen molar-refractivity contribution in [1.29, 1.82) is 0 Å². The van der Waals surface area contributed by atoms with Crippen molar-refractivity contribution in [3.05, 3.63) is 100 Å². The summed E-state index contributed by atoms with van der Waals surface area (Å²) >= 11 is 3.57. The fraction of sp³-hybridized carbons (Fsp3) is 0.281. The predicted molar refractivity (Wildman–Crippen MR) is 160 cm³/mol. The highest BCUT2D eigenvalue weighted by Gasteiger charge is 2.32. The van der Waals surface area contributed by atoms with E-state index < -0.39 is 6.04 Å². The number of carbonyl (C=O) groups excluding carboxylic acids is 2. The van der Waals surface area contributed by atoms with E-state index in [1.165, 1.54) is 6.92 Å². The molecule has 2 atom stereocenters. The Morgan fingerprint density at radius 2 is 1.88 bits per heavy atom. The molecule has 1 N–H and O–H groups in total. The van der Waals surface area contributed by atoms with Crippen LogP contribution in [0.1, 0.15) is 47.3 Å². The van der Waals surface area contributed by atoms with Gasteiger partial charge in [0, 0.05) is 46.2 Å². The number of morpholine rings is 1. The number of rotatable bonds is 9. The first kappa shape index (κ1) is 28.0. The number of hydrogen-bond acceptors (Lipinski definition) is 6. The van der Waals surface area contributed by atoms with Crippen LogP contribution in [0.5, 0.6) is 5.88 Å². The number of hydrogen-bond donors (Lipinski definition) is 1. The molecule has 1 aliphatic rings. The van der Waals surface area contributed by atoms with E-state index in [4.69, 9.17) is 14.5 Å². The smallest absolute Gasteiger partial charge is 0.227 e. The molecule has 1 aromatic heterocycles. The van der Waals surface area contributed by atoms with Gasteiger partial charge in [0.1, 0.15) is 0 Å². The normalized spacial score (nSPS) is 15.9.